The lowest BCUT2D eigenvalue weighted by atomic mass is 10.3. The van der Waals surface area contributed by atoms with Crippen LogP contribution in [0.4, 0.5) is 5.69 Å². The number of aryl methyl sites for hydroxylation is 1. The van der Waals surface area contributed by atoms with Crippen LogP contribution in [0.1, 0.15) is 0 Å². The third kappa shape index (κ3) is 4.72. The first kappa shape index (κ1) is 19.8. The second-order valence-electron chi connectivity index (χ2n) is 6.07. The van der Waals surface area contributed by atoms with E-state index in [9.17, 15) is 4.79 Å². The average molecular weight is 442 g/mol. The number of carbonyl (C=O) groups excluding carboxylic acids is 1. The largest absolute Gasteiger partial charge is 0.324 e. The highest BCUT2D eigenvalue weighted by molar-refractivity contribution is 8.00. The number of carbonyl (C=O) groups is 1. The van der Waals surface area contributed by atoms with E-state index in [1.54, 1.807) is 22.6 Å². The van der Waals surface area contributed by atoms with Gasteiger partial charge in [0.1, 0.15) is 11.4 Å². The molecule has 0 aliphatic carbocycles. The molecule has 9 heteroatoms. The van der Waals surface area contributed by atoms with Crippen molar-refractivity contribution in [1.29, 1.82) is 0 Å². The Morgan fingerprint density at radius 3 is 2.76 bits per heavy atom. The molecule has 0 aliphatic rings. The van der Waals surface area contributed by atoms with Crippen LogP contribution in [0.2, 0.25) is 5.02 Å². The number of halogens is 1. The molecule has 0 spiro atoms. The molecule has 2 aromatic carbocycles. The molecule has 0 saturated carbocycles. The summed E-state index contributed by atoms with van der Waals surface area (Å²) in [4.78, 5) is 23.1. The first-order valence-electron chi connectivity index (χ1n) is 8.68. The molecule has 29 heavy (non-hydrogen) atoms. The summed E-state index contributed by atoms with van der Waals surface area (Å²) in [5, 5.41) is 9.46. The van der Waals surface area contributed by atoms with E-state index < -0.39 is 0 Å². The third-order valence-electron chi connectivity index (χ3n) is 4.04. The summed E-state index contributed by atoms with van der Waals surface area (Å²) in [6.45, 7) is 0. The highest BCUT2D eigenvalue weighted by Gasteiger charge is 2.12. The number of hydrogen-bond donors (Lipinski definition) is 1. The fourth-order valence-corrected chi connectivity index (χ4v) is 4.45. The van der Waals surface area contributed by atoms with Crippen molar-refractivity contribution in [3.05, 3.63) is 66.1 Å². The van der Waals surface area contributed by atoms with Crippen LogP contribution in [0, 0.1) is 0 Å². The maximum Gasteiger partial charge on any atom is 0.234 e. The van der Waals surface area contributed by atoms with Gasteiger partial charge in [-0.15, -0.1) is 0 Å². The molecule has 1 amide bonds. The Morgan fingerprint density at radius 2 is 1.93 bits per heavy atom. The number of aromatic nitrogens is 4. The molecule has 2 heterocycles. The summed E-state index contributed by atoms with van der Waals surface area (Å²) in [7, 11) is 1.83. The van der Waals surface area contributed by atoms with Crippen molar-refractivity contribution >= 4 is 57.8 Å². The van der Waals surface area contributed by atoms with Gasteiger partial charge in [-0.1, -0.05) is 47.3 Å². The minimum absolute atomic E-state index is 0.102. The Balaban J connectivity index is 1.44. The van der Waals surface area contributed by atoms with Gasteiger partial charge in [0, 0.05) is 21.9 Å². The number of rotatable bonds is 6. The van der Waals surface area contributed by atoms with Crippen molar-refractivity contribution in [2.24, 2.45) is 7.05 Å². The number of fused-ring (bicyclic) bond motifs is 1. The van der Waals surface area contributed by atoms with Crippen molar-refractivity contribution in [2.45, 2.75) is 14.8 Å². The van der Waals surface area contributed by atoms with Crippen LogP contribution in [0.25, 0.3) is 11.0 Å². The van der Waals surface area contributed by atoms with Crippen LogP contribution in [0.3, 0.4) is 0 Å². The number of anilines is 1. The maximum atomic E-state index is 12.6. The number of para-hydroxylation sites is 1. The molecule has 0 saturated heterocycles. The van der Waals surface area contributed by atoms with Crippen LogP contribution < -0.4 is 5.32 Å². The van der Waals surface area contributed by atoms with Crippen molar-refractivity contribution in [1.82, 2.24) is 19.7 Å². The smallest absolute Gasteiger partial charge is 0.234 e. The van der Waals surface area contributed by atoms with E-state index in [-0.39, 0.29) is 11.7 Å². The molecule has 2 aromatic heterocycles. The molecule has 6 nitrogen and oxygen atoms in total. The van der Waals surface area contributed by atoms with Gasteiger partial charge < -0.3 is 5.32 Å². The van der Waals surface area contributed by atoms with Crippen molar-refractivity contribution in [3.8, 4) is 0 Å². The Bertz CT molecular complexity index is 1160. The molecule has 1 N–H and O–H groups in total. The van der Waals surface area contributed by atoms with Crippen LogP contribution in [-0.2, 0) is 11.8 Å². The summed E-state index contributed by atoms with van der Waals surface area (Å²) in [5.41, 5.74) is 1.51. The van der Waals surface area contributed by atoms with Gasteiger partial charge in [-0.3, -0.25) is 9.48 Å². The standard InChI is InChI=1S/C20H16ClN5OS2/c1-26-19-15(10-24-26)20(23-12-22-19)28-11-18(27)25-16-4-2-3-5-17(16)29-14-8-6-13(21)7-9-14/h2-10,12H,11H2,1H3,(H,25,27). The van der Waals surface area contributed by atoms with E-state index >= 15 is 0 Å². The topological polar surface area (TPSA) is 72.7 Å². The minimum Gasteiger partial charge on any atom is -0.324 e. The number of hydrogen-bond acceptors (Lipinski definition) is 6. The minimum atomic E-state index is -0.102. The second kappa shape index (κ2) is 8.86. The zero-order chi connectivity index (χ0) is 20.2. The number of nitrogens with one attached hydrogen (secondary N) is 1. The molecule has 0 fully saturated rings. The Hall–Kier alpha value is -2.55. The first-order valence-corrected chi connectivity index (χ1v) is 10.9. The molecule has 0 unspecified atom stereocenters. The summed E-state index contributed by atoms with van der Waals surface area (Å²) in [5.74, 6) is 0.135. The SMILES string of the molecule is Cn1ncc2c(SCC(=O)Nc3ccccc3Sc3ccc(Cl)cc3)ncnc21. The van der Waals surface area contributed by atoms with Crippen LogP contribution >= 0.6 is 35.1 Å². The fraction of sp³-hybridized carbons (Fsp3) is 0.100. The number of thioether (sulfide) groups is 1. The maximum absolute atomic E-state index is 12.6. The fourth-order valence-electron chi connectivity index (χ4n) is 2.66. The average Bonchev–Trinajstić information content (AvgIpc) is 3.11. The summed E-state index contributed by atoms with van der Waals surface area (Å²) >= 11 is 8.89. The van der Waals surface area contributed by atoms with Gasteiger partial charge in [0.2, 0.25) is 5.91 Å². The van der Waals surface area contributed by atoms with Gasteiger partial charge in [-0.2, -0.15) is 5.10 Å². The molecule has 4 aromatic rings. The zero-order valence-corrected chi connectivity index (χ0v) is 17.8. The Labute approximate surface area is 181 Å². The third-order valence-corrected chi connectivity index (χ3v) is 6.38. The number of nitrogens with zero attached hydrogens (tertiary/aromatic N) is 4. The van der Waals surface area contributed by atoms with Crippen LogP contribution in [0.5, 0.6) is 0 Å². The van der Waals surface area contributed by atoms with Crippen molar-refractivity contribution in [2.75, 3.05) is 11.1 Å². The van der Waals surface area contributed by atoms with Crippen LogP contribution in [0.15, 0.2) is 75.9 Å². The van der Waals surface area contributed by atoms with Crippen LogP contribution in [-0.4, -0.2) is 31.4 Å². The van der Waals surface area contributed by atoms with Gasteiger partial charge in [0.05, 0.1) is 23.0 Å². The van der Waals surface area contributed by atoms with Gasteiger partial charge in [0.15, 0.2) is 5.65 Å². The van der Waals surface area contributed by atoms with Gasteiger partial charge in [-0.05, 0) is 36.4 Å². The first-order chi connectivity index (χ1) is 14.1. The lowest BCUT2D eigenvalue weighted by Crippen LogP contribution is -2.14. The quantitative estimate of drug-likeness (QED) is 0.339. The lowest BCUT2D eigenvalue weighted by Gasteiger charge is -2.11. The summed E-state index contributed by atoms with van der Waals surface area (Å²) < 4.78 is 1.69. The second-order valence-corrected chi connectivity index (χ2v) is 8.59. The molecule has 146 valence electrons. The summed E-state index contributed by atoms with van der Waals surface area (Å²) in [6, 6.07) is 15.3. The molecule has 0 atom stereocenters. The molecule has 0 aliphatic heterocycles. The number of benzene rings is 2. The predicted molar refractivity (Wildman–Crippen MR) is 118 cm³/mol. The van der Waals surface area contributed by atoms with E-state index in [1.807, 2.05) is 55.6 Å². The normalized spacial score (nSPS) is 11.0. The van der Waals surface area contributed by atoms with Crippen molar-refractivity contribution < 1.29 is 4.79 Å². The summed E-state index contributed by atoms with van der Waals surface area (Å²) in [6.07, 6.45) is 3.20. The Morgan fingerprint density at radius 1 is 1.14 bits per heavy atom. The van der Waals surface area contributed by atoms with E-state index in [0.29, 0.717) is 5.02 Å². The van der Waals surface area contributed by atoms with E-state index in [2.05, 4.69) is 20.4 Å². The van der Waals surface area contributed by atoms with Gasteiger partial charge in [0.25, 0.3) is 0 Å². The highest BCUT2D eigenvalue weighted by atomic mass is 35.5. The van der Waals surface area contributed by atoms with Crippen molar-refractivity contribution in [3.63, 3.8) is 0 Å². The molecule has 0 bridgehead atoms. The molecular formula is C20H16ClN5OS2. The van der Waals surface area contributed by atoms with Gasteiger partial charge >= 0.3 is 0 Å². The zero-order valence-electron chi connectivity index (χ0n) is 15.4. The number of amides is 1. The van der Waals surface area contributed by atoms with Gasteiger partial charge in [-0.25, -0.2) is 9.97 Å². The van der Waals surface area contributed by atoms with E-state index in [4.69, 9.17) is 11.6 Å². The molecule has 0 radical (unpaired) electrons. The lowest BCUT2D eigenvalue weighted by molar-refractivity contribution is -0.113. The molecular weight excluding hydrogens is 426 g/mol. The molecule has 4 rings (SSSR count). The highest BCUT2D eigenvalue weighted by Crippen LogP contribution is 2.34. The van der Waals surface area contributed by atoms with E-state index in [1.165, 1.54) is 18.1 Å². The Kier molecular flexibility index (Phi) is 6.03. The van der Waals surface area contributed by atoms with E-state index in [0.717, 1.165) is 31.5 Å². The predicted octanol–water partition coefficient (Wildman–Crippen LogP) is 4.90. The monoisotopic (exact) mass is 441 g/mol.